The summed E-state index contributed by atoms with van der Waals surface area (Å²) in [5, 5.41) is 0. The summed E-state index contributed by atoms with van der Waals surface area (Å²) in [5.74, 6) is -0.121. The third-order valence-electron chi connectivity index (χ3n) is 2.81. The van der Waals surface area contributed by atoms with Crippen molar-refractivity contribution in [3.05, 3.63) is 58.6 Å². The van der Waals surface area contributed by atoms with Crippen LogP contribution in [0, 0.1) is 0 Å². The van der Waals surface area contributed by atoms with Gasteiger partial charge in [0.15, 0.2) is 11.5 Å². The molecule has 0 aliphatic rings. The topological polar surface area (TPSA) is 60.4 Å². The fourth-order valence-corrected chi connectivity index (χ4v) is 2.94. The van der Waals surface area contributed by atoms with Gasteiger partial charge in [-0.05, 0) is 36.4 Å². The number of para-hydroxylation sites is 1. The smallest absolute Gasteiger partial charge is 0.339 e. The lowest BCUT2D eigenvalue weighted by Crippen LogP contribution is -2.12. The highest BCUT2D eigenvalue weighted by Crippen LogP contribution is 2.24. The highest BCUT2D eigenvalue weighted by Gasteiger charge is 2.20. The van der Waals surface area contributed by atoms with E-state index in [0.29, 0.717) is 0 Å². The van der Waals surface area contributed by atoms with Crippen molar-refractivity contribution in [2.45, 2.75) is 18.2 Å². The molecular formula is C15H13BrO4S. The molecule has 0 heterocycles. The van der Waals surface area contributed by atoms with E-state index < -0.39 is 10.1 Å². The van der Waals surface area contributed by atoms with Crippen LogP contribution in [0.5, 0.6) is 5.75 Å². The van der Waals surface area contributed by atoms with Gasteiger partial charge in [-0.15, -0.1) is 0 Å². The molecule has 6 heteroatoms. The van der Waals surface area contributed by atoms with E-state index in [9.17, 15) is 13.2 Å². The maximum absolute atomic E-state index is 12.2. The Balaban J connectivity index is 2.37. The number of carbonyl (C=O) groups is 1. The maximum atomic E-state index is 12.2. The quantitative estimate of drug-likeness (QED) is 0.594. The van der Waals surface area contributed by atoms with Crippen LogP contribution in [0.3, 0.4) is 0 Å². The number of Topliss-reactive ketones (excluding diaryl/α,β-unsaturated/α-hetero) is 1. The predicted octanol–water partition coefficient (Wildman–Crippen LogP) is 3.81. The second-order valence-corrected chi connectivity index (χ2v) is 6.73. The standard InChI is InChI=1S/C15H13BrO4S/c1-2-14(17)13-5-3-4-6-15(13)20-21(18,19)12-9-7-11(16)8-10-12/h3-10H,2H2,1H3. The van der Waals surface area contributed by atoms with E-state index in [1.54, 1.807) is 37.3 Å². The number of hydrogen-bond donors (Lipinski definition) is 0. The molecule has 0 spiro atoms. The molecule has 0 radical (unpaired) electrons. The number of halogens is 1. The Morgan fingerprint density at radius 1 is 1.10 bits per heavy atom. The lowest BCUT2D eigenvalue weighted by Gasteiger charge is -2.10. The van der Waals surface area contributed by atoms with Crippen molar-refractivity contribution in [2.75, 3.05) is 0 Å². The Labute approximate surface area is 132 Å². The van der Waals surface area contributed by atoms with E-state index in [4.69, 9.17) is 4.18 Å². The molecule has 0 amide bonds. The van der Waals surface area contributed by atoms with Crippen LogP contribution >= 0.6 is 15.9 Å². The van der Waals surface area contributed by atoms with Crippen molar-refractivity contribution in [2.24, 2.45) is 0 Å². The molecule has 0 aliphatic heterocycles. The van der Waals surface area contributed by atoms with Crippen molar-refractivity contribution in [3.63, 3.8) is 0 Å². The molecular weight excluding hydrogens is 356 g/mol. The summed E-state index contributed by atoms with van der Waals surface area (Å²) in [6, 6.07) is 12.4. The lowest BCUT2D eigenvalue weighted by molar-refractivity contribution is 0.0986. The summed E-state index contributed by atoms with van der Waals surface area (Å²) in [4.78, 5) is 11.9. The summed E-state index contributed by atoms with van der Waals surface area (Å²) >= 11 is 3.24. The molecule has 2 rings (SSSR count). The number of rotatable bonds is 5. The van der Waals surface area contributed by atoms with Crippen molar-refractivity contribution < 1.29 is 17.4 Å². The van der Waals surface area contributed by atoms with Crippen LogP contribution < -0.4 is 4.18 Å². The van der Waals surface area contributed by atoms with Crippen LogP contribution in [-0.2, 0) is 10.1 Å². The Hall–Kier alpha value is -1.66. The monoisotopic (exact) mass is 368 g/mol. The van der Waals surface area contributed by atoms with Gasteiger partial charge in [0.05, 0.1) is 5.56 Å². The van der Waals surface area contributed by atoms with Gasteiger partial charge in [0.25, 0.3) is 0 Å². The van der Waals surface area contributed by atoms with E-state index in [1.807, 2.05) is 0 Å². The van der Waals surface area contributed by atoms with Crippen LogP contribution in [-0.4, -0.2) is 14.2 Å². The Kier molecular flexibility index (Phi) is 4.80. The van der Waals surface area contributed by atoms with Gasteiger partial charge < -0.3 is 4.18 Å². The first kappa shape index (κ1) is 15.7. The van der Waals surface area contributed by atoms with Gasteiger partial charge in [-0.2, -0.15) is 8.42 Å². The summed E-state index contributed by atoms with van der Waals surface area (Å²) in [5.41, 5.74) is 0.265. The lowest BCUT2D eigenvalue weighted by atomic mass is 10.1. The minimum absolute atomic E-state index is 0.0319. The molecule has 0 N–H and O–H groups in total. The van der Waals surface area contributed by atoms with E-state index >= 15 is 0 Å². The zero-order chi connectivity index (χ0) is 15.5. The van der Waals surface area contributed by atoms with Gasteiger partial charge in [0, 0.05) is 10.9 Å². The Bertz CT molecular complexity index is 751. The zero-order valence-electron chi connectivity index (χ0n) is 11.2. The molecule has 110 valence electrons. The SMILES string of the molecule is CCC(=O)c1ccccc1OS(=O)(=O)c1ccc(Br)cc1. The molecule has 2 aromatic carbocycles. The molecule has 0 bridgehead atoms. The van der Waals surface area contributed by atoms with Crippen molar-refractivity contribution in [1.29, 1.82) is 0 Å². The average molecular weight is 369 g/mol. The van der Waals surface area contributed by atoms with Crippen molar-refractivity contribution in [1.82, 2.24) is 0 Å². The van der Waals surface area contributed by atoms with E-state index in [-0.39, 0.29) is 28.4 Å². The third kappa shape index (κ3) is 3.71. The minimum Gasteiger partial charge on any atom is -0.378 e. The van der Waals surface area contributed by atoms with Gasteiger partial charge in [-0.1, -0.05) is 35.0 Å². The summed E-state index contributed by atoms with van der Waals surface area (Å²) in [7, 11) is -3.97. The Morgan fingerprint density at radius 3 is 2.33 bits per heavy atom. The van der Waals surface area contributed by atoms with E-state index in [2.05, 4.69) is 15.9 Å². The fourth-order valence-electron chi connectivity index (χ4n) is 1.73. The number of benzene rings is 2. The number of hydrogen-bond acceptors (Lipinski definition) is 4. The number of ketones is 1. The van der Waals surface area contributed by atoms with Crippen LogP contribution in [0.25, 0.3) is 0 Å². The van der Waals surface area contributed by atoms with Gasteiger partial charge in [-0.25, -0.2) is 0 Å². The van der Waals surface area contributed by atoms with Crippen LogP contribution in [0.4, 0.5) is 0 Å². The molecule has 0 atom stereocenters. The molecule has 4 nitrogen and oxygen atoms in total. The van der Waals surface area contributed by atoms with Crippen LogP contribution in [0.1, 0.15) is 23.7 Å². The van der Waals surface area contributed by atoms with E-state index in [1.165, 1.54) is 18.2 Å². The molecule has 0 saturated heterocycles. The molecule has 0 fully saturated rings. The second-order valence-electron chi connectivity index (χ2n) is 4.26. The largest absolute Gasteiger partial charge is 0.378 e. The summed E-state index contributed by atoms with van der Waals surface area (Å²) < 4.78 is 30.3. The zero-order valence-corrected chi connectivity index (χ0v) is 13.6. The van der Waals surface area contributed by atoms with Gasteiger partial charge in [-0.3, -0.25) is 4.79 Å². The molecule has 0 aliphatic carbocycles. The van der Waals surface area contributed by atoms with Crippen molar-refractivity contribution >= 4 is 31.8 Å². The first-order valence-corrected chi connectivity index (χ1v) is 8.46. The van der Waals surface area contributed by atoms with Crippen molar-refractivity contribution in [3.8, 4) is 5.75 Å². The van der Waals surface area contributed by atoms with Crippen LogP contribution in [0.15, 0.2) is 57.9 Å². The first-order chi connectivity index (χ1) is 9.94. The van der Waals surface area contributed by atoms with Gasteiger partial charge >= 0.3 is 10.1 Å². The molecule has 0 unspecified atom stereocenters. The fraction of sp³-hybridized carbons (Fsp3) is 0.133. The maximum Gasteiger partial charge on any atom is 0.339 e. The molecule has 0 aromatic heterocycles. The minimum atomic E-state index is -3.97. The average Bonchev–Trinajstić information content (AvgIpc) is 2.47. The first-order valence-electron chi connectivity index (χ1n) is 6.26. The summed E-state index contributed by atoms with van der Waals surface area (Å²) in [6.07, 6.45) is 0.276. The number of carbonyl (C=O) groups excluding carboxylic acids is 1. The van der Waals surface area contributed by atoms with E-state index in [0.717, 1.165) is 4.47 Å². The third-order valence-corrected chi connectivity index (χ3v) is 4.59. The highest BCUT2D eigenvalue weighted by atomic mass is 79.9. The normalized spacial score (nSPS) is 11.1. The molecule has 21 heavy (non-hydrogen) atoms. The van der Waals surface area contributed by atoms with Crippen LogP contribution in [0.2, 0.25) is 0 Å². The highest BCUT2D eigenvalue weighted by molar-refractivity contribution is 9.10. The van der Waals surface area contributed by atoms with Gasteiger partial charge in [0.2, 0.25) is 0 Å². The molecule has 0 saturated carbocycles. The second kappa shape index (κ2) is 6.41. The summed E-state index contributed by atoms with van der Waals surface area (Å²) in [6.45, 7) is 1.71. The van der Waals surface area contributed by atoms with Gasteiger partial charge in [0.1, 0.15) is 4.90 Å². The predicted molar refractivity (Wildman–Crippen MR) is 83.0 cm³/mol. The molecule has 2 aromatic rings. The Morgan fingerprint density at radius 2 is 1.71 bits per heavy atom.